The van der Waals surface area contributed by atoms with E-state index in [-0.39, 0.29) is 18.3 Å². The Balaban J connectivity index is 2.67. The molecule has 1 amide bonds. The largest absolute Gasteiger partial charge is 0.459 e. The smallest absolute Gasteiger partial charge is 0.306 e. The van der Waals surface area contributed by atoms with Gasteiger partial charge in [0.05, 0.1) is 5.75 Å². The Morgan fingerprint density at radius 1 is 1.55 bits per heavy atom. The minimum absolute atomic E-state index is 0.0750. The number of esters is 1. The highest BCUT2D eigenvalue weighted by molar-refractivity contribution is 7.85. The zero-order chi connectivity index (χ0) is 15.4. The van der Waals surface area contributed by atoms with Crippen molar-refractivity contribution in [2.24, 2.45) is 0 Å². The molecule has 116 valence electrons. The van der Waals surface area contributed by atoms with E-state index < -0.39 is 27.5 Å². The van der Waals surface area contributed by atoms with Gasteiger partial charge in [-0.05, 0) is 26.2 Å². The van der Waals surface area contributed by atoms with Gasteiger partial charge < -0.3 is 10.1 Å². The van der Waals surface area contributed by atoms with Crippen LogP contribution in [0.4, 0.5) is 0 Å². The first-order valence-electron chi connectivity index (χ1n) is 6.54. The van der Waals surface area contributed by atoms with Crippen LogP contribution in [0.5, 0.6) is 0 Å². The molecule has 1 heterocycles. The van der Waals surface area contributed by atoms with Crippen molar-refractivity contribution in [3.63, 3.8) is 0 Å². The quantitative estimate of drug-likeness (QED) is 0.550. The van der Waals surface area contributed by atoms with E-state index in [4.69, 9.17) is 9.29 Å². The van der Waals surface area contributed by atoms with Crippen LogP contribution in [0.2, 0.25) is 0 Å². The Hall–Kier alpha value is -1.15. The van der Waals surface area contributed by atoms with Crippen LogP contribution in [0, 0.1) is 0 Å². The summed E-state index contributed by atoms with van der Waals surface area (Å²) in [5.41, 5.74) is -0.707. The topological polar surface area (TPSA) is 110 Å². The monoisotopic (exact) mass is 307 g/mol. The summed E-state index contributed by atoms with van der Waals surface area (Å²) in [5, 5.41) is 2.63. The third kappa shape index (κ3) is 6.33. The highest BCUT2D eigenvalue weighted by Crippen LogP contribution is 2.30. The Kier molecular flexibility index (Phi) is 5.52. The summed E-state index contributed by atoms with van der Waals surface area (Å²) in [4.78, 5) is 22.5. The summed E-state index contributed by atoms with van der Waals surface area (Å²) in [6, 6.07) is -0.467. The molecule has 2 N–H and O–H groups in total. The highest BCUT2D eigenvalue weighted by Gasteiger charge is 2.35. The minimum atomic E-state index is -4.09. The van der Waals surface area contributed by atoms with E-state index >= 15 is 0 Å². The summed E-state index contributed by atoms with van der Waals surface area (Å²) < 4.78 is 35.7. The van der Waals surface area contributed by atoms with Gasteiger partial charge in [-0.3, -0.25) is 14.1 Å². The first kappa shape index (κ1) is 16.9. The number of carbonyl (C=O) groups excluding carboxylic acids is 2. The van der Waals surface area contributed by atoms with Gasteiger partial charge in [0.25, 0.3) is 10.1 Å². The predicted molar refractivity (Wildman–Crippen MR) is 71.6 cm³/mol. The van der Waals surface area contributed by atoms with Crippen LogP contribution >= 0.6 is 0 Å². The van der Waals surface area contributed by atoms with Crippen molar-refractivity contribution in [3.8, 4) is 0 Å². The summed E-state index contributed by atoms with van der Waals surface area (Å²) in [6.45, 7) is 3.10. The van der Waals surface area contributed by atoms with Crippen LogP contribution in [0.15, 0.2) is 0 Å². The average Bonchev–Trinajstić information content (AvgIpc) is 2.23. The second-order valence-corrected chi connectivity index (χ2v) is 7.03. The average molecular weight is 307 g/mol. The molecule has 2 atom stereocenters. The molecule has 1 aliphatic heterocycles. The number of ether oxygens (including phenoxy) is 1. The third-order valence-corrected chi connectivity index (χ3v) is 4.01. The SMILES string of the molecule is CC(=O)NC(CCS(=O)(=O)O)CC1(C)CCCC(=O)O1. The maximum Gasteiger partial charge on any atom is 0.306 e. The van der Waals surface area contributed by atoms with Crippen LogP contribution < -0.4 is 5.32 Å². The summed E-state index contributed by atoms with van der Waals surface area (Å²) in [7, 11) is -4.09. The number of hydrogen-bond acceptors (Lipinski definition) is 5. The van der Waals surface area contributed by atoms with Crippen LogP contribution in [0.3, 0.4) is 0 Å². The molecule has 1 aliphatic rings. The zero-order valence-electron chi connectivity index (χ0n) is 11.7. The van der Waals surface area contributed by atoms with Crippen molar-refractivity contribution in [2.75, 3.05) is 5.75 Å². The van der Waals surface area contributed by atoms with Crippen molar-refractivity contribution < 1.29 is 27.3 Å². The molecule has 0 aromatic rings. The van der Waals surface area contributed by atoms with Gasteiger partial charge in [0.1, 0.15) is 5.60 Å². The molecule has 0 spiro atoms. The lowest BCUT2D eigenvalue weighted by atomic mass is 9.88. The minimum Gasteiger partial charge on any atom is -0.459 e. The van der Waals surface area contributed by atoms with Gasteiger partial charge in [-0.15, -0.1) is 0 Å². The molecular weight excluding hydrogens is 286 g/mol. The summed E-state index contributed by atoms with van der Waals surface area (Å²) in [5.74, 6) is -1.02. The molecule has 1 saturated heterocycles. The Labute approximate surface area is 118 Å². The molecule has 7 nitrogen and oxygen atoms in total. The number of carbonyl (C=O) groups is 2. The van der Waals surface area contributed by atoms with Crippen molar-refractivity contribution in [1.29, 1.82) is 0 Å². The lowest BCUT2D eigenvalue weighted by Crippen LogP contribution is -2.45. The van der Waals surface area contributed by atoms with E-state index in [2.05, 4.69) is 5.32 Å². The highest BCUT2D eigenvalue weighted by atomic mass is 32.2. The molecule has 0 radical (unpaired) electrons. The first-order chi connectivity index (χ1) is 9.10. The fourth-order valence-electron chi connectivity index (χ4n) is 2.45. The number of amides is 1. The number of nitrogens with one attached hydrogen (secondary N) is 1. The molecule has 1 rings (SSSR count). The maximum atomic E-state index is 11.4. The van der Waals surface area contributed by atoms with Gasteiger partial charge in [0.2, 0.25) is 5.91 Å². The molecule has 1 fully saturated rings. The van der Waals surface area contributed by atoms with Gasteiger partial charge in [0.15, 0.2) is 0 Å². The number of rotatable bonds is 6. The van der Waals surface area contributed by atoms with Crippen LogP contribution in [0.1, 0.15) is 46.0 Å². The molecule has 8 heteroatoms. The van der Waals surface area contributed by atoms with E-state index in [0.29, 0.717) is 25.7 Å². The lowest BCUT2D eigenvalue weighted by molar-refractivity contribution is -0.166. The Morgan fingerprint density at radius 3 is 2.70 bits per heavy atom. The van der Waals surface area contributed by atoms with Crippen molar-refractivity contribution in [2.45, 2.75) is 57.6 Å². The second-order valence-electron chi connectivity index (χ2n) is 5.45. The lowest BCUT2D eigenvalue weighted by Gasteiger charge is -2.36. The van der Waals surface area contributed by atoms with Gasteiger partial charge in [0, 0.05) is 25.8 Å². The fraction of sp³-hybridized carbons (Fsp3) is 0.833. The molecule has 0 aromatic heterocycles. The van der Waals surface area contributed by atoms with Crippen LogP contribution in [-0.4, -0.2) is 42.2 Å². The van der Waals surface area contributed by atoms with E-state index in [9.17, 15) is 18.0 Å². The fourth-order valence-corrected chi connectivity index (χ4v) is 3.03. The Bertz CT molecular complexity index is 474. The molecule has 0 aromatic carbocycles. The van der Waals surface area contributed by atoms with Crippen molar-refractivity contribution >= 4 is 22.0 Å². The van der Waals surface area contributed by atoms with E-state index in [1.165, 1.54) is 6.92 Å². The predicted octanol–water partition coefficient (Wildman–Crippen LogP) is 0.645. The van der Waals surface area contributed by atoms with Crippen LogP contribution in [-0.2, 0) is 24.4 Å². The number of cyclic esters (lactones) is 1. The third-order valence-electron chi connectivity index (χ3n) is 3.26. The normalized spacial score (nSPS) is 24.9. The molecule has 0 saturated carbocycles. The van der Waals surface area contributed by atoms with Gasteiger partial charge in [-0.2, -0.15) is 8.42 Å². The Morgan fingerprint density at radius 2 is 2.20 bits per heavy atom. The van der Waals surface area contributed by atoms with Gasteiger partial charge >= 0.3 is 5.97 Å². The van der Waals surface area contributed by atoms with Gasteiger partial charge in [-0.1, -0.05) is 0 Å². The van der Waals surface area contributed by atoms with Gasteiger partial charge in [-0.25, -0.2) is 0 Å². The summed E-state index contributed by atoms with van der Waals surface area (Å²) >= 11 is 0. The maximum absolute atomic E-state index is 11.4. The van der Waals surface area contributed by atoms with Crippen molar-refractivity contribution in [3.05, 3.63) is 0 Å². The molecule has 0 aliphatic carbocycles. The van der Waals surface area contributed by atoms with E-state index in [0.717, 1.165) is 0 Å². The first-order valence-corrected chi connectivity index (χ1v) is 8.15. The van der Waals surface area contributed by atoms with E-state index in [1.54, 1.807) is 6.92 Å². The number of hydrogen-bond donors (Lipinski definition) is 2. The zero-order valence-corrected chi connectivity index (χ0v) is 12.5. The molecule has 20 heavy (non-hydrogen) atoms. The van der Waals surface area contributed by atoms with Crippen molar-refractivity contribution in [1.82, 2.24) is 5.32 Å². The molecular formula is C12H21NO6S. The van der Waals surface area contributed by atoms with Crippen LogP contribution in [0.25, 0.3) is 0 Å². The molecule has 0 bridgehead atoms. The standard InChI is InChI=1S/C12H21NO6S/c1-9(14)13-10(5-7-20(16,17)18)8-12(2)6-3-4-11(15)19-12/h10H,3-8H2,1-2H3,(H,13,14)(H,16,17,18). The second kappa shape index (κ2) is 6.53. The molecule has 2 unspecified atom stereocenters. The summed E-state index contributed by atoms with van der Waals surface area (Å²) in [6.07, 6.45) is 2.16. The van der Waals surface area contributed by atoms with E-state index in [1.807, 2.05) is 0 Å².